The Labute approximate surface area is 147 Å². The minimum atomic E-state index is -1.07. The Morgan fingerprint density at radius 2 is 1.80 bits per heavy atom. The van der Waals surface area contributed by atoms with Gasteiger partial charge in [0, 0.05) is 5.56 Å². The van der Waals surface area contributed by atoms with Crippen LogP contribution >= 0.6 is 0 Å². The lowest BCUT2D eigenvalue weighted by Gasteiger charge is -2.31. The largest absolute Gasteiger partial charge is 0.449 e. The van der Waals surface area contributed by atoms with E-state index in [-0.39, 0.29) is 5.82 Å². The minimum absolute atomic E-state index is 0.289. The van der Waals surface area contributed by atoms with Crippen LogP contribution in [-0.4, -0.2) is 21.4 Å². The maximum atomic E-state index is 6.35. The average molecular weight is 337 g/mol. The van der Waals surface area contributed by atoms with Crippen molar-refractivity contribution < 1.29 is 4.74 Å². The molecule has 0 radical (unpaired) electrons. The number of nitrogen functional groups attached to an aromatic ring is 1. The highest BCUT2D eigenvalue weighted by Gasteiger charge is 2.35. The SMILES string of the molecule is CC1(N)Oc2ncnc(N)c2N=C1c1ccc(C2CCCCC2)cc1. The summed E-state index contributed by atoms with van der Waals surface area (Å²) in [5.41, 5.74) is 14.6. The van der Waals surface area contributed by atoms with E-state index in [0.29, 0.717) is 23.2 Å². The van der Waals surface area contributed by atoms with Crippen LogP contribution in [0.25, 0.3) is 0 Å². The van der Waals surface area contributed by atoms with Gasteiger partial charge in [-0.2, -0.15) is 4.98 Å². The van der Waals surface area contributed by atoms with Gasteiger partial charge in [0.05, 0.1) is 0 Å². The van der Waals surface area contributed by atoms with E-state index in [1.54, 1.807) is 6.92 Å². The topological polar surface area (TPSA) is 99.4 Å². The normalized spacial score (nSPS) is 23.5. The summed E-state index contributed by atoms with van der Waals surface area (Å²) in [7, 11) is 0. The summed E-state index contributed by atoms with van der Waals surface area (Å²) in [5.74, 6) is 1.28. The third kappa shape index (κ3) is 2.98. The molecule has 0 amide bonds. The van der Waals surface area contributed by atoms with E-state index < -0.39 is 5.72 Å². The summed E-state index contributed by atoms with van der Waals surface area (Å²) in [6, 6.07) is 8.51. The fourth-order valence-corrected chi connectivity index (χ4v) is 3.73. The molecule has 4 N–H and O–H groups in total. The number of aliphatic imine (C=N–C) groups is 1. The van der Waals surface area contributed by atoms with Gasteiger partial charge in [-0.05, 0) is 31.2 Å². The lowest BCUT2D eigenvalue weighted by molar-refractivity contribution is 0.158. The molecule has 1 aromatic carbocycles. The maximum Gasteiger partial charge on any atom is 0.247 e. The zero-order valence-electron chi connectivity index (χ0n) is 14.4. The zero-order chi connectivity index (χ0) is 17.4. The molecule has 1 aliphatic heterocycles. The fraction of sp³-hybridized carbons (Fsp3) is 0.421. The van der Waals surface area contributed by atoms with Crippen molar-refractivity contribution in [3.63, 3.8) is 0 Å². The third-order valence-corrected chi connectivity index (χ3v) is 5.08. The number of anilines is 1. The summed E-state index contributed by atoms with van der Waals surface area (Å²) in [6.07, 6.45) is 7.91. The third-order valence-electron chi connectivity index (χ3n) is 5.08. The van der Waals surface area contributed by atoms with Gasteiger partial charge >= 0.3 is 0 Å². The lowest BCUT2D eigenvalue weighted by atomic mass is 9.83. The Kier molecular flexibility index (Phi) is 3.92. The van der Waals surface area contributed by atoms with Gasteiger partial charge in [0.25, 0.3) is 0 Å². The second-order valence-electron chi connectivity index (χ2n) is 7.04. The Balaban J connectivity index is 1.69. The van der Waals surface area contributed by atoms with Crippen LogP contribution in [0.1, 0.15) is 56.1 Å². The molecule has 1 saturated carbocycles. The van der Waals surface area contributed by atoms with E-state index in [2.05, 4.69) is 39.2 Å². The van der Waals surface area contributed by atoms with E-state index in [9.17, 15) is 0 Å². The van der Waals surface area contributed by atoms with Crippen molar-refractivity contribution in [2.45, 2.75) is 50.7 Å². The number of nitrogens with two attached hydrogens (primary N) is 2. The van der Waals surface area contributed by atoms with Crippen LogP contribution in [0.2, 0.25) is 0 Å². The monoisotopic (exact) mass is 337 g/mol. The van der Waals surface area contributed by atoms with Crippen molar-refractivity contribution in [2.24, 2.45) is 10.7 Å². The fourth-order valence-electron chi connectivity index (χ4n) is 3.73. The average Bonchev–Trinajstić information content (AvgIpc) is 2.62. The molecular formula is C19H23N5O. The minimum Gasteiger partial charge on any atom is -0.449 e. The van der Waals surface area contributed by atoms with Crippen molar-refractivity contribution in [3.8, 4) is 5.88 Å². The predicted molar refractivity (Wildman–Crippen MR) is 98.1 cm³/mol. The summed E-state index contributed by atoms with van der Waals surface area (Å²) in [6.45, 7) is 1.78. The predicted octanol–water partition coefficient (Wildman–Crippen LogP) is 3.29. The number of ether oxygens (including phenoxy) is 1. The molecule has 6 heteroatoms. The second kappa shape index (κ2) is 6.11. The van der Waals surface area contributed by atoms with Crippen molar-refractivity contribution in [2.75, 3.05) is 5.73 Å². The van der Waals surface area contributed by atoms with Crippen LogP contribution in [0.15, 0.2) is 35.6 Å². The first-order valence-electron chi connectivity index (χ1n) is 8.82. The molecule has 0 spiro atoms. The van der Waals surface area contributed by atoms with Gasteiger partial charge in [-0.3, -0.25) is 5.73 Å². The Morgan fingerprint density at radius 3 is 2.52 bits per heavy atom. The molecule has 1 unspecified atom stereocenters. The van der Waals surface area contributed by atoms with Crippen LogP contribution in [0, 0.1) is 0 Å². The molecule has 130 valence electrons. The van der Waals surface area contributed by atoms with Crippen LogP contribution in [-0.2, 0) is 0 Å². The number of rotatable bonds is 2. The van der Waals surface area contributed by atoms with E-state index in [1.165, 1.54) is 44.0 Å². The number of aromatic nitrogens is 2. The number of nitrogens with zero attached hydrogens (tertiary/aromatic N) is 3. The molecule has 0 saturated heterocycles. The van der Waals surface area contributed by atoms with Crippen LogP contribution < -0.4 is 16.2 Å². The van der Waals surface area contributed by atoms with Crippen molar-refractivity contribution in [3.05, 3.63) is 41.7 Å². The quantitative estimate of drug-likeness (QED) is 0.876. The maximum absolute atomic E-state index is 6.35. The molecule has 1 aliphatic carbocycles. The Hall–Kier alpha value is -2.47. The van der Waals surface area contributed by atoms with Crippen LogP contribution in [0.5, 0.6) is 5.88 Å². The number of hydrogen-bond donors (Lipinski definition) is 2. The number of hydrogen-bond acceptors (Lipinski definition) is 6. The van der Waals surface area contributed by atoms with Crippen molar-refractivity contribution in [1.82, 2.24) is 9.97 Å². The molecule has 25 heavy (non-hydrogen) atoms. The molecule has 1 atom stereocenters. The first kappa shape index (κ1) is 16.0. The molecule has 6 nitrogen and oxygen atoms in total. The Bertz CT molecular complexity index is 807. The summed E-state index contributed by atoms with van der Waals surface area (Å²) in [4.78, 5) is 12.7. The van der Waals surface area contributed by atoms with Gasteiger partial charge in [-0.1, -0.05) is 43.5 Å². The summed E-state index contributed by atoms with van der Waals surface area (Å²) < 4.78 is 5.83. The van der Waals surface area contributed by atoms with E-state index in [4.69, 9.17) is 16.2 Å². The smallest absolute Gasteiger partial charge is 0.247 e. The molecule has 1 aromatic heterocycles. The molecule has 1 fully saturated rings. The van der Waals surface area contributed by atoms with Gasteiger partial charge in [0.2, 0.25) is 11.6 Å². The molecule has 0 bridgehead atoms. The van der Waals surface area contributed by atoms with E-state index in [0.717, 1.165) is 5.56 Å². The standard InChI is InChI=1S/C19H23N5O/c1-19(21)16(24-15-17(20)22-11-23-18(15)25-19)14-9-7-13(8-10-14)12-5-3-2-4-6-12/h7-12H,2-6,21H2,1H3,(H2,20,22,23). The second-order valence-corrected chi connectivity index (χ2v) is 7.04. The summed E-state index contributed by atoms with van der Waals surface area (Å²) >= 11 is 0. The highest BCUT2D eigenvalue weighted by Crippen LogP contribution is 2.38. The van der Waals surface area contributed by atoms with Gasteiger partial charge in [-0.15, -0.1) is 0 Å². The van der Waals surface area contributed by atoms with Gasteiger partial charge < -0.3 is 10.5 Å². The van der Waals surface area contributed by atoms with E-state index >= 15 is 0 Å². The number of fused-ring (bicyclic) bond motifs is 1. The molecule has 2 heterocycles. The van der Waals surface area contributed by atoms with Crippen molar-refractivity contribution in [1.29, 1.82) is 0 Å². The van der Waals surface area contributed by atoms with Crippen molar-refractivity contribution >= 4 is 17.2 Å². The zero-order valence-corrected chi connectivity index (χ0v) is 14.4. The van der Waals surface area contributed by atoms with Gasteiger partial charge in [0.1, 0.15) is 12.0 Å². The lowest BCUT2D eigenvalue weighted by Crippen LogP contribution is -2.52. The highest BCUT2D eigenvalue weighted by molar-refractivity contribution is 6.09. The van der Waals surface area contributed by atoms with Crippen LogP contribution in [0.3, 0.4) is 0 Å². The van der Waals surface area contributed by atoms with Gasteiger partial charge in [0.15, 0.2) is 11.5 Å². The first-order chi connectivity index (χ1) is 12.0. The summed E-state index contributed by atoms with van der Waals surface area (Å²) in [5, 5.41) is 0. The molecular weight excluding hydrogens is 314 g/mol. The van der Waals surface area contributed by atoms with Gasteiger partial charge in [-0.25, -0.2) is 9.98 Å². The molecule has 4 rings (SSSR count). The number of benzene rings is 1. The Morgan fingerprint density at radius 1 is 1.08 bits per heavy atom. The van der Waals surface area contributed by atoms with E-state index in [1.807, 2.05) is 0 Å². The first-order valence-corrected chi connectivity index (χ1v) is 8.82. The molecule has 2 aromatic rings. The molecule has 2 aliphatic rings. The van der Waals surface area contributed by atoms with Crippen LogP contribution in [0.4, 0.5) is 11.5 Å². The highest BCUT2D eigenvalue weighted by atomic mass is 16.5.